The minimum atomic E-state index is -0.869. The normalized spacial score (nSPS) is 12.1. The number of rotatable bonds is 1. The van der Waals surface area contributed by atoms with E-state index in [9.17, 15) is 9.28 Å². The second-order valence-corrected chi connectivity index (χ2v) is 4.41. The van der Waals surface area contributed by atoms with E-state index in [4.69, 9.17) is 1.37 Å². The fourth-order valence-corrected chi connectivity index (χ4v) is 1.14. The van der Waals surface area contributed by atoms with Gasteiger partial charge in [-0.2, -0.15) is 5.12 Å². The molecule has 82 valence electrons. The van der Waals surface area contributed by atoms with Crippen LogP contribution in [0.5, 0.6) is 0 Å². The molecule has 1 rings (SSSR count). The second-order valence-electron chi connectivity index (χ2n) is 4.41. The van der Waals surface area contributed by atoms with Gasteiger partial charge in [0.05, 0.1) is 5.54 Å². The van der Waals surface area contributed by atoms with Crippen molar-refractivity contribution >= 4 is 5.91 Å². The molecule has 0 saturated heterocycles. The highest BCUT2D eigenvalue weighted by Crippen LogP contribution is 2.19. The molecule has 0 bridgehead atoms. The van der Waals surface area contributed by atoms with Crippen molar-refractivity contribution in [3.63, 3.8) is 0 Å². The van der Waals surface area contributed by atoms with Crippen LogP contribution in [0.2, 0.25) is 0 Å². The Balaban J connectivity index is 3.05. The molecular weight excluding hydrogens is 193 g/mol. The molecule has 0 spiro atoms. The lowest BCUT2D eigenvalue weighted by Gasteiger charge is -2.26. The molecule has 0 radical (unpaired) electrons. The highest BCUT2D eigenvalue weighted by Gasteiger charge is 2.28. The van der Waals surface area contributed by atoms with Crippen molar-refractivity contribution in [2.75, 3.05) is 0 Å². The standard InChI is InChI=1S/C12H16FNO/c1-9-7-5-6-8-10(9)11(15)14(13)12(2,3)4/h5-8H,1-4H3/i1D. The number of aryl methyl sites for hydroxylation is 1. The molecule has 0 saturated carbocycles. The van der Waals surface area contributed by atoms with Crippen molar-refractivity contribution in [2.24, 2.45) is 0 Å². The van der Waals surface area contributed by atoms with Gasteiger partial charge in [0.2, 0.25) is 0 Å². The molecule has 0 aliphatic carbocycles. The number of benzene rings is 1. The van der Waals surface area contributed by atoms with Gasteiger partial charge in [0.15, 0.2) is 0 Å². The third kappa shape index (κ3) is 2.55. The van der Waals surface area contributed by atoms with Gasteiger partial charge in [-0.3, -0.25) is 4.79 Å². The summed E-state index contributed by atoms with van der Waals surface area (Å²) < 4.78 is 21.0. The predicted molar refractivity (Wildman–Crippen MR) is 58.2 cm³/mol. The molecule has 0 atom stereocenters. The summed E-state index contributed by atoms with van der Waals surface area (Å²) >= 11 is 0. The number of carbonyl (C=O) groups is 1. The van der Waals surface area contributed by atoms with Crippen molar-refractivity contribution in [1.82, 2.24) is 5.12 Å². The zero-order valence-electron chi connectivity index (χ0n) is 10.2. The average molecular weight is 210 g/mol. The highest BCUT2D eigenvalue weighted by atomic mass is 19.2. The van der Waals surface area contributed by atoms with E-state index in [1.165, 1.54) is 0 Å². The number of carbonyl (C=O) groups excluding carboxylic acids is 1. The molecule has 2 nitrogen and oxygen atoms in total. The summed E-state index contributed by atoms with van der Waals surface area (Å²) in [5.74, 6) is -0.685. The molecule has 3 heteroatoms. The Morgan fingerprint density at radius 2 is 2.00 bits per heavy atom. The molecule has 0 aromatic heterocycles. The summed E-state index contributed by atoms with van der Waals surface area (Å²) in [6.45, 7) is 4.83. The Morgan fingerprint density at radius 3 is 2.53 bits per heavy atom. The molecular formula is C12H16FNO. The Bertz CT molecular complexity index is 387. The smallest absolute Gasteiger partial charge is 0.266 e. The monoisotopic (exact) mass is 210 g/mol. The van der Waals surface area contributed by atoms with Gasteiger partial charge in [-0.25, -0.2) is 0 Å². The number of hydrogen-bond donors (Lipinski definition) is 0. The van der Waals surface area contributed by atoms with Crippen molar-refractivity contribution in [2.45, 2.75) is 33.2 Å². The first-order valence-corrected chi connectivity index (χ1v) is 4.75. The minimum absolute atomic E-state index is 0.0279. The van der Waals surface area contributed by atoms with E-state index in [0.29, 0.717) is 5.56 Å². The van der Waals surface area contributed by atoms with E-state index in [2.05, 4.69) is 0 Å². The molecule has 0 aliphatic rings. The van der Waals surface area contributed by atoms with E-state index < -0.39 is 11.4 Å². The van der Waals surface area contributed by atoms with Crippen LogP contribution in [0.4, 0.5) is 4.48 Å². The van der Waals surface area contributed by atoms with Gasteiger partial charge in [-0.1, -0.05) is 22.7 Å². The topological polar surface area (TPSA) is 20.3 Å². The maximum absolute atomic E-state index is 13.7. The first-order chi connectivity index (χ1) is 7.38. The number of halogens is 1. The lowest BCUT2D eigenvalue weighted by Crippen LogP contribution is -2.39. The van der Waals surface area contributed by atoms with Crippen molar-refractivity contribution in [3.8, 4) is 0 Å². The van der Waals surface area contributed by atoms with Gasteiger partial charge in [-0.05, 0) is 39.3 Å². The molecule has 1 aromatic carbocycles. The molecule has 0 heterocycles. The number of nitrogens with zero attached hydrogens (tertiary/aromatic N) is 1. The van der Waals surface area contributed by atoms with Crippen LogP contribution in [0.1, 0.15) is 38.1 Å². The Hall–Kier alpha value is -1.38. The van der Waals surface area contributed by atoms with Gasteiger partial charge in [0.25, 0.3) is 5.91 Å². The zero-order valence-corrected chi connectivity index (χ0v) is 9.25. The third-order valence-corrected chi connectivity index (χ3v) is 2.02. The van der Waals surface area contributed by atoms with E-state index in [1.807, 2.05) is 0 Å². The average Bonchev–Trinajstić information content (AvgIpc) is 2.25. The zero-order chi connectivity index (χ0) is 12.3. The van der Waals surface area contributed by atoms with Gasteiger partial charge in [0.1, 0.15) is 0 Å². The van der Waals surface area contributed by atoms with Crippen LogP contribution in [0.3, 0.4) is 0 Å². The van der Waals surface area contributed by atoms with Crippen LogP contribution >= 0.6 is 0 Å². The van der Waals surface area contributed by atoms with E-state index in [-0.39, 0.29) is 17.6 Å². The Morgan fingerprint density at radius 1 is 1.40 bits per heavy atom. The highest BCUT2D eigenvalue weighted by molar-refractivity contribution is 5.95. The lowest BCUT2D eigenvalue weighted by atomic mass is 10.0. The summed E-state index contributed by atoms with van der Waals surface area (Å²) in [6, 6.07) is 6.62. The molecule has 1 aromatic rings. The molecule has 1 amide bonds. The second kappa shape index (κ2) is 4.01. The van der Waals surface area contributed by atoms with E-state index in [1.54, 1.807) is 45.0 Å². The predicted octanol–water partition coefficient (Wildman–Crippen LogP) is 3.12. The van der Waals surface area contributed by atoms with E-state index >= 15 is 0 Å². The van der Waals surface area contributed by atoms with Crippen molar-refractivity contribution in [1.29, 1.82) is 0 Å². The van der Waals surface area contributed by atoms with Crippen LogP contribution < -0.4 is 0 Å². The molecule has 0 N–H and O–H groups in total. The lowest BCUT2D eigenvalue weighted by molar-refractivity contribution is -0.0322. The van der Waals surface area contributed by atoms with Crippen LogP contribution in [0, 0.1) is 6.90 Å². The Kier molecular flexibility index (Phi) is 2.71. The quantitative estimate of drug-likeness (QED) is 0.652. The first kappa shape index (κ1) is 10.1. The van der Waals surface area contributed by atoms with Crippen LogP contribution in [0.25, 0.3) is 0 Å². The fourth-order valence-electron chi connectivity index (χ4n) is 1.14. The van der Waals surface area contributed by atoms with Crippen LogP contribution in [0.15, 0.2) is 24.3 Å². The first-order valence-electron chi connectivity index (χ1n) is 5.46. The summed E-state index contributed by atoms with van der Waals surface area (Å²) in [4.78, 5) is 11.8. The van der Waals surface area contributed by atoms with Crippen LogP contribution in [-0.4, -0.2) is 16.6 Å². The maximum atomic E-state index is 13.7. The summed E-state index contributed by atoms with van der Waals surface area (Å²) in [5, 5.41) is 0.210. The van der Waals surface area contributed by atoms with Crippen molar-refractivity contribution < 1.29 is 10.6 Å². The molecule has 0 unspecified atom stereocenters. The van der Waals surface area contributed by atoms with E-state index in [0.717, 1.165) is 0 Å². The largest absolute Gasteiger partial charge is 0.282 e. The number of hydrogen-bond acceptors (Lipinski definition) is 1. The van der Waals surface area contributed by atoms with Gasteiger partial charge >= 0.3 is 0 Å². The minimum Gasteiger partial charge on any atom is -0.266 e. The molecule has 15 heavy (non-hydrogen) atoms. The van der Waals surface area contributed by atoms with Gasteiger partial charge in [0, 0.05) is 6.93 Å². The third-order valence-electron chi connectivity index (χ3n) is 2.02. The fraction of sp³-hybridized carbons (Fsp3) is 0.417. The van der Waals surface area contributed by atoms with Gasteiger partial charge < -0.3 is 0 Å². The molecule has 0 aliphatic heterocycles. The van der Waals surface area contributed by atoms with Crippen LogP contribution in [-0.2, 0) is 0 Å². The maximum Gasteiger partial charge on any atom is 0.282 e. The summed E-state index contributed by atoms with van der Waals surface area (Å²) in [5.41, 5.74) is -0.0685. The summed E-state index contributed by atoms with van der Waals surface area (Å²) in [7, 11) is 0. The molecule has 0 fully saturated rings. The summed E-state index contributed by atoms with van der Waals surface area (Å²) in [6.07, 6.45) is 0. The number of amides is 1. The Labute approximate surface area is 91.0 Å². The van der Waals surface area contributed by atoms with Gasteiger partial charge in [-0.15, -0.1) is 0 Å². The SMILES string of the molecule is [2H]Cc1ccccc1C(=O)N(F)C(C)(C)C. The van der Waals surface area contributed by atoms with Crippen molar-refractivity contribution in [3.05, 3.63) is 35.4 Å².